The van der Waals surface area contributed by atoms with Gasteiger partial charge in [0.05, 0.1) is 11.2 Å². The van der Waals surface area contributed by atoms with Crippen LogP contribution in [0.15, 0.2) is 54.5 Å². The molecule has 2 N–H and O–H groups in total. The average Bonchev–Trinajstić information content (AvgIpc) is 3.21. The van der Waals surface area contributed by atoms with E-state index < -0.39 is 19.8 Å². The Balaban J connectivity index is 1.69. The van der Waals surface area contributed by atoms with Gasteiger partial charge in [-0.3, -0.25) is 0 Å². The zero-order valence-electron chi connectivity index (χ0n) is 24.7. The van der Waals surface area contributed by atoms with Crippen LogP contribution in [0.1, 0.15) is 26.5 Å². The van der Waals surface area contributed by atoms with Gasteiger partial charge in [-0.05, 0) is 64.2 Å². The van der Waals surface area contributed by atoms with Crippen molar-refractivity contribution in [3.8, 4) is 0 Å². The first-order valence-corrected chi connectivity index (χ1v) is 17.5. The molecule has 0 bridgehead atoms. The Kier molecular flexibility index (Phi) is 8.35. The molecule has 4 rings (SSSR count). The molecule has 212 valence electrons. The molecule has 8 nitrogen and oxygen atoms in total. The molecule has 2 aliphatic rings. The highest BCUT2D eigenvalue weighted by Gasteiger charge is 2.28. The molecule has 1 saturated heterocycles. The number of aromatic nitrogens is 1. The lowest BCUT2D eigenvalue weighted by Crippen LogP contribution is -2.44. The molecule has 39 heavy (non-hydrogen) atoms. The normalized spacial score (nSPS) is 17.5. The fraction of sp³-hybridized carbons (Fsp3) is 0.500. The number of hydrogen-bond acceptors (Lipinski definition) is 7. The monoisotopic (exact) mass is 551 g/mol. The Labute approximate surface area is 234 Å². The van der Waals surface area contributed by atoms with E-state index in [4.69, 9.17) is 15.2 Å². The number of nitrogens with two attached hydrogens (primary N) is 1. The number of carbonyl (C=O) groups excluding carboxylic acids is 1. The minimum absolute atomic E-state index is 0.349. The number of fused-ring (bicyclic) bond motifs is 1. The number of piperazine rings is 1. The van der Waals surface area contributed by atoms with E-state index in [9.17, 15) is 4.79 Å². The highest BCUT2D eigenvalue weighted by Crippen LogP contribution is 2.35. The number of allylic oxidation sites excluding steroid dienone is 2. The Hall–Kier alpha value is -3.01. The molecule has 1 fully saturated rings. The Morgan fingerprint density at radius 3 is 2.44 bits per heavy atom. The second-order valence-corrected chi connectivity index (χ2v) is 18.5. The van der Waals surface area contributed by atoms with E-state index in [-0.39, 0.29) is 0 Å². The van der Waals surface area contributed by atoms with Gasteiger partial charge in [-0.15, -0.1) is 0 Å². The summed E-state index contributed by atoms with van der Waals surface area (Å²) in [6.45, 7) is 22.0. The summed E-state index contributed by atoms with van der Waals surface area (Å²) in [7, 11) is 0.954. The van der Waals surface area contributed by atoms with Crippen LogP contribution in [0, 0.1) is 0 Å². The molecule has 0 radical (unpaired) electrons. The fourth-order valence-electron chi connectivity index (χ4n) is 4.74. The standard InChI is InChI=1S/C30H45N5O3Si/c1-22-26(19-24(31)20-34(22)21-37-15-16-39(6,7)8)28-18-23-17-25(33-13-11-32(5)12-14-33)9-10-27(23)35(28)29(36)38-30(2,3)4/h9-10,17-20H,1,11-16,21,31H2,2-8H3. The smallest absolute Gasteiger partial charge is 0.419 e. The number of likely N-dealkylation sites (N-methyl/N-ethyl adjacent to an activating group) is 1. The third-order valence-electron chi connectivity index (χ3n) is 7.01. The van der Waals surface area contributed by atoms with E-state index in [1.54, 1.807) is 4.57 Å². The maximum absolute atomic E-state index is 13.6. The van der Waals surface area contributed by atoms with Crippen molar-refractivity contribution in [3.05, 3.63) is 60.2 Å². The Morgan fingerprint density at radius 2 is 1.79 bits per heavy atom. The SMILES string of the molecule is C=C1C(c2cc3cc(N4CCN(C)CC4)ccc3n2C(=O)OC(C)(C)C)=CC(N)=CN1COCC[Si](C)(C)C. The van der Waals surface area contributed by atoms with E-state index in [0.717, 1.165) is 60.1 Å². The Bertz CT molecular complexity index is 1290. The maximum atomic E-state index is 13.6. The second kappa shape index (κ2) is 11.2. The second-order valence-electron chi connectivity index (χ2n) is 12.8. The summed E-state index contributed by atoms with van der Waals surface area (Å²) in [6.07, 6.45) is 3.28. The number of carbonyl (C=O) groups is 1. The largest absolute Gasteiger partial charge is 0.443 e. The van der Waals surface area contributed by atoms with Crippen molar-refractivity contribution in [1.82, 2.24) is 14.4 Å². The van der Waals surface area contributed by atoms with Gasteiger partial charge in [-0.1, -0.05) is 26.2 Å². The molecule has 1 aromatic heterocycles. The van der Waals surface area contributed by atoms with Gasteiger partial charge in [-0.2, -0.15) is 0 Å². The van der Waals surface area contributed by atoms with Gasteiger partial charge >= 0.3 is 6.09 Å². The summed E-state index contributed by atoms with van der Waals surface area (Å²) >= 11 is 0. The summed E-state index contributed by atoms with van der Waals surface area (Å²) in [5.74, 6) is 0. The predicted molar refractivity (Wildman–Crippen MR) is 163 cm³/mol. The van der Waals surface area contributed by atoms with Crippen molar-refractivity contribution in [3.63, 3.8) is 0 Å². The minimum atomic E-state index is -1.20. The molecule has 0 aliphatic carbocycles. The van der Waals surface area contributed by atoms with Gasteiger partial charge in [0.15, 0.2) is 0 Å². The third kappa shape index (κ3) is 7.15. The molecule has 3 heterocycles. The lowest BCUT2D eigenvalue weighted by Gasteiger charge is -2.34. The van der Waals surface area contributed by atoms with Gasteiger partial charge in [0, 0.05) is 75.1 Å². The van der Waals surface area contributed by atoms with Crippen LogP contribution in [-0.2, 0) is 9.47 Å². The molecule has 2 aliphatic heterocycles. The number of benzene rings is 1. The molecule has 0 atom stereocenters. The van der Waals surface area contributed by atoms with Crippen molar-refractivity contribution < 1.29 is 14.3 Å². The first kappa shape index (κ1) is 29.0. The van der Waals surface area contributed by atoms with Crippen molar-refractivity contribution in [2.45, 2.75) is 52.1 Å². The van der Waals surface area contributed by atoms with Crippen LogP contribution in [-0.4, -0.2) is 80.7 Å². The van der Waals surface area contributed by atoms with Crippen molar-refractivity contribution >= 4 is 36.3 Å². The van der Waals surface area contributed by atoms with E-state index in [1.807, 2.05) is 50.1 Å². The van der Waals surface area contributed by atoms with Crippen LogP contribution >= 0.6 is 0 Å². The number of hydrogen-bond donors (Lipinski definition) is 1. The molecular weight excluding hydrogens is 506 g/mol. The van der Waals surface area contributed by atoms with Crippen molar-refractivity contribution in [2.75, 3.05) is 51.5 Å². The number of rotatable bonds is 7. The third-order valence-corrected chi connectivity index (χ3v) is 8.71. The molecule has 1 aromatic carbocycles. The predicted octanol–water partition coefficient (Wildman–Crippen LogP) is 5.50. The van der Waals surface area contributed by atoms with Crippen molar-refractivity contribution in [2.24, 2.45) is 5.73 Å². The van der Waals surface area contributed by atoms with Crippen LogP contribution < -0.4 is 10.6 Å². The number of anilines is 1. The van der Waals surface area contributed by atoms with Crippen LogP contribution in [0.3, 0.4) is 0 Å². The van der Waals surface area contributed by atoms with E-state index in [2.05, 4.69) is 55.2 Å². The summed E-state index contributed by atoms with van der Waals surface area (Å²) in [4.78, 5) is 20.2. The van der Waals surface area contributed by atoms with Crippen LogP contribution in [0.5, 0.6) is 0 Å². The minimum Gasteiger partial charge on any atom is -0.443 e. The molecule has 0 saturated carbocycles. The summed E-state index contributed by atoms with van der Waals surface area (Å²) in [5.41, 5.74) is 10.4. The quantitative estimate of drug-likeness (QED) is 0.360. The zero-order chi connectivity index (χ0) is 28.5. The van der Waals surface area contributed by atoms with E-state index in [0.29, 0.717) is 24.7 Å². The van der Waals surface area contributed by atoms with Gasteiger partial charge in [0.25, 0.3) is 0 Å². The zero-order valence-corrected chi connectivity index (χ0v) is 25.7. The highest BCUT2D eigenvalue weighted by atomic mass is 28.3. The van der Waals surface area contributed by atoms with Gasteiger partial charge < -0.3 is 29.9 Å². The van der Waals surface area contributed by atoms with Gasteiger partial charge in [-0.25, -0.2) is 9.36 Å². The molecule has 9 heteroatoms. The van der Waals surface area contributed by atoms with Crippen LogP contribution in [0.25, 0.3) is 16.5 Å². The summed E-state index contributed by atoms with van der Waals surface area (Å²) < 4.78 is 13.5. The lowest BCUT2D eigenvalue weighted by molar-refractivity contribution is 0.0543. The first-order valence-electron chi connectivity index (χ1n) is 13.8. The molecule has 2 aromatic rings. The van der Waals surface area contributed by atoms with E-state index >= 15 is 0 Å². The average molecular weight is 552 g/mol. The number of ether oxygens (including phenoxy) is 2. The lowest BCUT2D eigenvalue weighted by atomic mass is 10.0. The van der Waals surface area contributed by atoms with Gasteiger partial charge in [0.1, 0.15) is 12.3 Å². The topological polar surface area (TPSA) is 76.2 Å². The first-order chi connectivity index (χ1) is 18.2. The highest BCUT2D eigenvalue weighted by molar-refractivity contribution is 6.76. The van der Waals surface area contributed by atoms with E-state index in [1.165, 1.54) is 0 Å². The number of nitrogens with zero attached hydrogens (tertiary/aromatic N) is 4. The van der Waals surface area contributed by atoms with Crippen molar-refractivity contribution in [1.29, 1.82) is 0 Å². The van der Waals surface area contributed by atoms with Gasteiger partial charge in [0.2, 0.25) is 0 Å². The fourth-order valence-corrected chi connectivity index (χ4v) is 5.50. The Morgan fingerprint density at radius 1 is 1.10 bits per heavy atom. The summed E-state index contributed by atoms with van der Waals surface area (Å²) in [5, 5.41) is 0.965. The molecule has 0 amide bonds. The molecular formula is C30H45N5O3Si. The van der Waals surface area contributed by atoms with Crippen LogP contribution in [0.4, 0.5) is 10.5 Å². The molecule has 0 spiro atoms. The molecule has 0 unspecified atom stereocenters. The maximum Gasteiger partial charge on any atom is 0.419 e. The van der Waals surface area contributed by atoms with Crippen LogP contribution in [0.2, 0.25) is 25.7 Å². The summed E-state index contributed by atoms with van der Waals surface area (Å²) in [6, 6.07) is 9.39.